The molecule has 0 fully saturated rings. The van der Waals surface area contributed by atoms with E-state index in [9.17, 15) is 9.59 Å². The van der Waals surface area contributed by atoms with Crippen LogP contribution in [0.25, 0.3) is 22.3 Å². The number of carbonyl (C=O) groups excluding carboxylic acids is 1. The summed E-state index contributed by atoms with van der Waals surface area (Å²) < 4.78 is 32.7. The lowest BCUT2D eigenvalue weighted by atomic mass is 10.1. The second kappa shape index (κ2) is 9.99. The van der Waals surface area contributed by atoms with Gasteiger partial charge in [-0.25, -0.2) is 4.79 Å². The number of hydrogen-bond acceptors (Lipinski definition) is 8. The van der Waals surface area contributed by atoms with Crippen LogP contribution in [0.3, 0.4) is 0 Å². The second-order valence-corrected chi connectivity index (χ2v) is 7.70. The van der Waals surface area contributed by atoms with Crippen LogP contribution in [-0.2, 0) is 0 Å². The van der Waals surface area contributed by atoms with Crippen LogP contribution in [0.4, 0.5) is 0 Å². The normalized spacial score (nSPS) is 10.7. The Balaban J connectivity index is 1.87. The van der Waals surface area contributed by atoms with Gasteiger partial charge < -0.3 is 28.1 Å². The van der Waals surface area contributed by atoms with E-state index in [1.807, 2.05) is 0 Å². The van der Waals surface area contributed by atoms with Crippen LogP contribution < -0.4 is 29.1 Å². The molecule has 0 amide bonds. The van der Waals surface area contributed by atoms with Crippen molar-refractivity contribution in [1.82, 2.24) is 0 Å². The van der Waals surface area contributed by atoms with Gasteiger partial charge in [-0.2, -0.15) is 0 Å². The number of ether oxygens (including phenoxy) is 5. The van der Waals surface area contributed by atoms with Gasteiger partial charge in [-0.1, -0.05) is 11.6 Å². The molecule has 0 aliphatic carbocycles. The lowest BCUT2D eigenvalue weighted by Gasteiger charge is -2.14. The van der Waals surface area contributed by atoms with Crippen molar-refractivity contribution in [2.45, 2.75) is 0 Å². The predicted octanol–water partition coefficient (Wildman–Crippen LogP) is 5.37. The summed E-state index contributed by atoms with van der Waals surface area (Å²) in [5.41, 5.74) is 0.316. The molecule has 1 heterocycles. The highest BCUT2D eigenvalue weighted by atomic mass is 35.5. The Hall–Kier alpha value is -4.17. The van der Waals surface area contributed by atoms with Crippen molar-refractivity contribution in [2.75, 3.05) is 28.4 Å². The summed E-state index contributed by atoms with van der Waals surface area (Å²) in [6, 6.07) is 14.3. The van der Waals surface area contributed by atoms with Crippen LogP contribution in [0.1, 0.15) is 10.4 Å². The maximum atomic E-state index is 13.4. The highest BCUT2D eigenvalue weighted by Gasteiger charge is 2.24. The highest BCUT2D eigenvalue weighted by molar-refractivity contribution is 6.31. The van der Waals surface area contributed by atoms with E-state index >= 15 is 0 Å². The molecule has 0 N–H and O–H groups in total. The molecule has 0 radical (unpaired) electrons. The number of methoxy groups -OCH3 is 4. The second-order valence-electron chi connectivity index (χ2n) is 7.26. The van der Waals surface area contributed by atoms with E-state index in [4.69, 9.17) is 39.7 Å². The van der Waals surface area contributed by atoms with Crippen molar-refractivity contribution in [2.24, 2.45) is 0 Å². The molecule has 0 aliphatic rings. The Morgan fingerprint density at radius 2 is 1.46 bits per heavy atom. The summed E-state index contributed by atoms with van der Waals surface area (Å²) in [4.78, 5) is 26.6. The molecule has 4 rings (SSSR count). The molecule has 8 nitrogen and oxygen atoms in total. The predicted molar refractivity (Wildman–Crippen MR) is 131 cm³/mol. The first-order valence-corrected chi connectivity index (χ1v) is 10.7. The first kappa shape index (κ1) is 24.0. The van der Waals surface area contributed by atoms with E-state index in [0.29, 0.717) is 22.1 Å². The fourth-order valence-electron chi connectivity index (χ4n) is 3.53. The maximum Gasteiger partial charge on any atom is 0.344 e. The number of fused-ring (bicyclic) bond motifs is 1. The van der Waals surface area contributed by atoms with E-state index in [1.165, 1.54) is 39.5 Å². The number of hydrogen-bond donors (Lipinski definition) is 0. The molecule has 4 aromatic rings. The number of rotatable bonds is 7. The van der Waals surface area contributed by atoms with Gasteiger partial charge in [0.05, 0.1) is 39.4 Å². The standard InChI is InChI=1S/C26H21ClO8/c1-30-17-8-5-14(6-9-17)23-25(22(28)18-13-16(27)7-10-19(18)34-23)35-26(29)15-11-20(31-2)24(33-4)21(12-15)32-3/h5-13H,1-4H3. The van der Waals surface area contributed by atoms with Crippen LogP contribution in [-0.4, -0.2) is 34.4 Å². The molecular weight excluding hydrogens is 476 g/mol. The molecular formula is C26H21ClO8. The molecule has 0 unspecified atom stereocenters. The van der Waals surface area contributed by atoms with Crippen molar-refractivity contribution < 1.29 is 32.9 Å². The fraction of sp³-hybridized carbons (Fsp3) is 0.154. The van der Waals surface area contributed by atoms with Gasteiger partial charge in [-0.05, 0) is 54.6 Å². The van der Waals surface area contributed by atoms with Crippen LogP contribution in [0, 0.1) is 0 Å². The number of halogens is 1. The smallest absolute Gasteiger partial charge is 0.344 e. The molecule has 0 bridgehead atoms. The molecule has 0 spiro atoms. The lowest BCUT2D eigenvalue weighted by molar-refractivity contribution is 0.0730. The zero-order valence-corrected chi connectivity index (χ0v) is 20.1. The summed E-state index contributed by atoms with van der Waals surface area (Å²) in [7, 11) is 5.84. The molecule has 0 saturated carbocycles. The van der Waals surface area contributed by atoms with Crippen LogP contribution >= 0.6 is 11.6 Å². The average molecular weight is 497 g/mol. The Kier molecular flexibility index (Phi) is 6.84. The monoisotopic (exact) mass is 496 g/mol. The Morgan fingerprint density at radius 1 is 0.800 bits per heavy atom. The Morgan fingerprint density at radius 3 is 2.03 bits per heavy atom. The van der Waals surface area contributed by atoms with E-state index in [2.05, 4.69) is 0 Å². The van der Waals surface area contributed by atoms with Crippen LogP contribution in [0.5, 0.6) is 28.7 Å². The quantitative estimate of drug-likeness (QED) is 0.315. The number of benzene rings is 3. The zero-order chi connectivity index (χ0) is 25.1. The van der Waals surface area contributed by atoms with Crippen molar-refractivity contribution in [3.05, 3.63) is 75.4 Å². The summed E-state index contributed by atoms with van der Waals surface area (Å²) in [5, 5.41) is 0.506. The summed E-state index contributed by atoms with van der Waals surface area (Å²) >= 11 is 6.09. The topological polar surface area (TPSA) is 93.4 Å². The van der Waals surface area contributed by atoms with Gasteiger partial charge in [0.2, 0.25) is 16.9 Å². The van der Waals surface area contributed by atoms with Gasteiger partial charge in [0.1, 0.15) is 11.3 Å². The van der Waals surface area contributed by atoms with Gasteiger partial charge in [0.15, 0.2) is 17.3 Å². The van der Waals surface area contributed by atoms with Crippen molar-refractivity contribution >= 4 is 28.5 Å². The molecule has 1 aromatic heterocycles. The minimum absolute atomic E-state index is 0.0748. The highest BCUT2D eigenvalue weighted by Crippen LogP contribution is 2.39. The molecule has 0 atom stereocenters. The number of carbonyl (C=O) groups is 1. The van der Waals surface area contributed by atoms with E-state index < -0.39 is 11.4 Å². The van der Waals surface area contributed by atoms with Gasteiger partial charge in [-0.3, -0.25) is 4.79 Å². The van der Waals surface area contributed by atoms with Gasteiger partial charge in [0, 0.05) is 10.6 Å². The Labute approximate surface area is 205 Å². The molecule has 180 valence electrons. The first-order valence-electron chi connectivity index (χ1n) is 10.3. The largest absolute Gasteiger partial charge is 0.497 e. The molecule has 9 heteroatoms. The summed E-state index contributed by atoms with van der Waals surface area (Å²) in [6.07, 6.45) is 0. The third kappa shape index (κ3) is 4.61. The fourth-order valence-corrected chi connectivity index (χ4v) is 3.70. The molecule has 3 aromatic carbocycles. The van der Waals surface area contributed by atoms with Gasteiger partial charge in [-0.15, -0.1) is 0 Å². The van der Waals surface area contributed by atoms with Crippen LogP contribution in [0.15, 0.2) is 63.8 Å². The zero-order valence-electron chi connectivity index (χ0n) is 19.3. The lowest BCUT2D eigenvalue weighted by Crippen LogP contribution is -2.16. The van der Waals surface area contributed by atoms with Gasteiger partial charge in [0.25, 0.3) is 0 Å². The Bertz CT molecular complexity index is 1430. The number of esters is 1. The van der Waals surface area contributed by atoms with Crippen molar-refractivity contribution in [1.29, 1.82) is 0 Å². The van der Waals surface area contributed by atoms with E-state index in [-0.39, 0.29) is 39.5 Å². The summed E-state index contributed by atoms with van der Waals surface area (Å²) in [5.74, 6) is 0.396. The molecule has 35 heavy (non-hydrogen) atoms. The first-order chi connectivity index (χ1) is 16.9. The minimum Gasteiger partial charge on any atom is -0.497 e. The summed E-state index contributed by atoms with van der Waals surface area (Å²) in [6.45, 7) is 0. The van der Waals surface area contributed by atoms with Gasteiger partial charge >= 0.3 is 5.97 Å². The maximum absolute atomic E-state index is 13.4. The minimum atomic E-state index is -0.826. The van der Waals surface area contributed by atoms with E-state index in [0.717, 1.165) is 0 Å². The molecule has 0 saturated heterocycles. The third-order valence-corrected chi connectivity index (χ3v) is 5.49. The molecule has 0 aliphatic heterocycles. The SMILES string of the molecule is COc1ccc(-c2oc3ccc(Cl)cc3c(=O)c2OC(=O)c2cc(OC)c(OC)c(OC)c2)cc1. The van der Waals surface area contributed by atoms with Crippen LogP contribution in [0.2, 0.25) is 5.02 Å². The third-order valence-electron chi connectivity index (χ3n) is 5.26. The van der Waals surface area contributed by atoms with Crippen molar-refractivity contribution in [3.8, 4) is 40.1 Å². The van der Waals surface area contributed by atoms with E-state index in [1.54, 1.807) is 43.5 Å². The van der Waals surface area contributed by atoms with Crippen molar-refractivity contribution in [3.63, 3.8) is 0 Å². The average Bonchev–Trinajstić information content (AvgIpc) is 2.89.